The Bertz CT molecular complexity index is 713. The number of nitrogens with two attached hydrogens (primary N) is 1. The van der Waals surface area contributed by atoms with E-state index in [-0.39, 0.29) is 35.1 Å². The Morgan fingerprint density at radius 2 is 1.96 bits per heavy atom. The predicted octanol–water partition coefficient (Wildman–Crippen LogP) is 0.250. The number of hydrogen-bond donors (Lipinski definition) is 2. The average Bonchev–Trinajstić information content (AvgIpc) is 2.89. The predicted molar refractivity (Wildman–Crippen MR) is 89.5 cm³/mol. The number of nitrogens with zero attached hydrogens (tertiary/aromatic N) is 1. The number of rotatable bonds is 6. The van der Waals surface area contributed by atoms with Gasteiger partial charge in [-0.2, -0.15) is 0 Å². The van der Waals surface area contributed by atoms with Gasteiger partial charge in [0.2, 0.25) is 21.8 Å². The van der Waals surface area contributed by atoms with Gasteiger partial charge in [-0.3, -0.25) is 9.59 Å². The van der Waals surface area contributed by atoms with Gasteiger partial charge in [0.05, 0.1) is 10.8 Å². The molecule has 0 saturated carbocycles. The maximum Gasteiger partial charge on any atom is 0.238 e. The van der Waals surface area contributed by atoms with Gasteiger partial charge in [-0.15, -0.1) is 0 Å². The SMILES string of the molecule is CC(C)N1C[C@H](C(=O)NCCc2ccc(S(N)(=O)=O)cc2)CC1=O. The molecule has 1 aliphatic rings. The van der Waals surface area contributed by atoms with Crippen LogP contribution in [-0.4, -0.2) is 44.3 Å². The summed E-state index contributed by atoms with van der Waals surface area (Å²) in [5, 5.41) is 7.88. The molecule has 2 rings (SSSR count). The van der Waals surface area contributed by atoms with Crippen LogP contribution in [-0.2, 0) is 26.0 Å². The summed E-state index contributed by atoms with van der Waals surface area (Å²) in [5.74, 6) is -0.402. The van der Waals surface area contributed by atoms with E-state index in [1.807, 2.05) is 13.8 Å². The van der Waals surface area contributed by atoms with Crippen molar-refractivity contribution in [2.45, 2.75) is 37.6 Å². The Hall–Kier alpha value is -1.93. The molecule has 1 aliphatic heterocycles. The topological polar surface area (TPSA) is 110 Å². The van der Waals surface area contributed by atoms with Crippen LogP contribution in [0.2, 0.25) is 0 Å². The van der Waals surface area contributed by atoms with Crippen molar-refractivity contribution in [2.75, 3.05) is 13.1 Å². The monoisotopic (exact) mass is 353 g/mol. The third-order valence-electron chi connectivity index (χ3n) is 4.12. The van der Waals surface area contributed by atoms with Gasteiger partial charge in [-0.1, -0.05) is 12.1 Å². The van der Waals surface area contributed by atoms with Crippen molar-refractivity contribution < 1.29 is 18.0 Å². The number of likely N-dealkylation sites (tertiary alicyclic amines) is 1. The second kappa shape index (κ2) is 7.31. The first-order valence-corrected chi connectivity index (χ1v) is 9.42. The van der Waals surface area contributed by atoms with Gasteiger partial charge in [0, 0.05) is 25.6 Å². The molecule has 0 spiro atoms. The van der Waals surface area contributed by atoms with E-state index in [9.17, 15) is 18.0 Å². The standard InChI is InChI=1S/C16H23N3O4S/c1-11(2)19-10-13(9-15(19)20)16(21)18-8-7-12-3-5-14(6-4-12)24(17,22)23/h3-6,11,13H,7-10H2,1-2H3,(H,18,21)(H2,17,22,23)/t13-/m1/s1. The molecule has 1 heterocycles. The summed E-state index contributed by atoms with van der Waals surface area (Å²) in [7, 11) is -3.69. The van der Waals surface area contributed by atoms with Crippen LogP contribution in [0.25, 0.3) is 0 Å². The first-order valence-electron chi connectivity index (χ1n) is 7.87. The molecule has 0 bridgehead atoms. The molecule has 8 heteroatoms. The number of sulfonamides is 1. The molecular formula is C16H23N3O4S. The number of carbonyl (C=O) groups excluding carboxylic acids is 2. The lowest BCUT2D eigenvalue weighted by molar-refractivity contribution is -0.129. The normalized spacial score (nSPS) is 18.2. The van der Waals surface area contributed by atoms with Gasteiger partial charge < -0.3 is 10.2 Å². The minimum atomic E-state index is -3.69. The van der Waals surface area contributed by atoms with E-state index in [1.165, 1.54) is 12.1 Å². The first-order chi connectivity index (χ1) is 11.2. The maximum atomic E-state index is 12.1. The molecule has 0 aromatic heterocycles. The Morgan fingerprint density at radius 1 is 1.33 bits per heavy atom. The summed E-state index contributed by atoms with van der Waals surface area (Å²) in [6.45, 7) is 4.76. The summed E-state index contributed by atoms with van der Waals surface area (Å²) in [5.41, 5.74) is 0.897. The molecule has 1 fully saturated rings. The fourth-order valence-electron chi connectivity index (χ4n) is 2.73. The van der Waals surface area contributed by atoms with Crippen molar-refractivity contribution in [3.63, 3.8) is 0 Å². The van der Waals surface area contributed by atoms with Crippen molar-refractivity contribution >= 4 is 21.8 Å². The highest BCUT2D eigenvalue weighted by atomic mass is 32.2. The zero-order chi connectivity index (χ0) is 17.9. The lowest BCUT2D eigenvalue weighted by Gasteiger charge is -2.20. The molecule has 0 aliphatic carbocycles. The maximum absolute atomic E-state index is 12.1. The third kappa shape index (κ3) is 4.55. The van der Waals surface area contributed by atoms with E-state index in [0.717, 1.165) is 5.56 Å². The molecule has 132 valence electrons. The van der Waals surface area contributed by atoms with Crippen molar-refractivity contribution in [3.8, 4) is 0 Å². The Balaban J connectivity index is 1.82. The number of carbonyl (C=O) groups is 2. The molecule has 0 radical (unpaired) electrons. The van der Waals surface area contributed by atoms with Crippen molar-refractivity contribution in [2.24, 2.45) is 11.1 Å². The van der Waals surface area contributed by atoms with Crippen molar-refractivity contribution in [1.82, 2.24) is 10.2 Å². The van der Waals surface area contributed by atoms with Crippen LogP contribution in [0.3, 0.4) is 0 Å². The minimum Gasteiger partial charge on any atom is -0.355 e. The highest BCUT2D eigenvalue weighted by Gasteiger charge is 2.35. The van der Waals surface area contributed by atoms with Crippen molar-refractivity contribution in [3.05, 3.63) is 29.8 Å². The highest BCUT2D eigenvalue weighted by molar-refractivity contribution is 7.89. The number of primary sulfonamides is 1. The van der Waals surface area contributed by atoms with E-state index >= 15 is 0 Å². The van der Waals surface area contributed by atoms with Crippen LogP contribution in [0.4, 0.5) is 0 Å². The summed E-state index contributed by atoms with van der Waals surface area (Å²) < 4.78 is 22.4. The van der Waals surface area contributed by atoms with Gasteiger partial charge in [0.1, 0.15) is 0 Å². The molecule has 3 N–H and O–H groups in total. The molecule has 1 aromatic carbocycles. The summed E-state index contributed by atoms with van der Waals surface area (Å²) >= 11 is 0. The number of benzene rings is 1. The number of nitrogens with one attached hydrogen (secondary N) is 1. The fraction of sp³-hybridized carbons (Fsp3) is 0.500. The van der Waals surface area contributed by atoms with E-state index in [4.69, 9.17) is 5.14 Å². The molecule has 24 heavy (non-hydrogen) atoms. The van der Waals surface area contributed by atoms with Crippen LogP contribution in [0.1, 0.15) is 25.8 Å². The summed E-state index contributed by atoms with van der Waals surface area (Å²) in [6.07, 6.45) is 0.832. The zero-order valence-electron chi connectivity index (χ0n) is 13.9. The smallest absolute Gasteiger partial charge is 0.238 e. The molecular weight excluding hydrogens is 330 g/mol. The van der Waals surface area contributed by atoms with Gasteiger partial charge in [0.15, 0.2) is 0 Å². The van der Waals surface area contributed by atoms with Gasteiger partial charge in [0.25, 0.3) is 0 Å². The molecule has 1 saturated heterocycles. The molecule has 2 amide bonds. The lowest BCUT2D eigenvalue weighted by Crippen LogP contribution is -2.36. The average molecular weight is 353 g/mol. The quantitative estimate of drug-likeness (QED) is 0.764. The minimum absolute atomic E-state index is 0.0173. The lowest BCUT2D eigenvalue weighted by atomic mass is 10.1. The molecule has 1 aromatic rings. The summed E-state index contributed by atoms with van der Waals surface area (Å²) in [6, 6.07) is 6.34. The highest BCUT2D eigenvalue weighted by Crippen LogP contribution is 2.20. The molecule has 0 unspecified atom stereocenters. The van der Waals surface area contributed by atoms with Gasteiger partial charge in [-0.05, 0) is 38.0 Å². The molecule has 1 atom stereocenters. The van der Waals surface area contributed by atoms with Crippen LogP contribution < -0.4 is 10.5 Å². The van der Waals surface area contributed by atoms with E-state index in [1.54, 1.807) is 17.0 Å². The van der Waals surface area contributed by atoms with Crippen LogP contribution in [0.15, 0.2) is 29.2 Å². The Labute approximate surface area is 142 Å². The molecule has 7 nitrogen and oxygen atoms in total. The fourth-order valence-corrected chi connectivity index (χ4v) is 3.24. The Kier molecular flexibility index (Phi) is 5.61. The second-order valence-electron chi connectivity index (χ2n) is 6.27. The first kappa shape index (κ1) is 18.4. The Morgan fingerprint density at radius 3 is 2.46 bits per heavy atom. The largest absolute Gasteiger partial charge is 0.355 e. The van der Waals surface area contributed by atoms with Gasteiger partial charge >= 0.3 is 0 Å². The van der Waals surface area contributed by atoms with E-state index in [2.05, 4.69) is 5.32 Å². The summed E-state index contributed by atoms with van der Waals surface area (Å²) in [4.78, 5) is 25.8. The van der Waals surface area contributed by atoms with Crippen LogP contribution in [0, 0.1) is 5.92 Å². The van der Waals surface area contributed by atoms with Crippen LogP contribution >= 0.6 is 0 Å². The zero-order valence-corrected chi connectivity index (χ0v) is 14.7. The van der Waals surface area contributed by atoms with E-state index in [0.29, 0.717) is 19.5 Å². The number of amides is 2. The second-order valence-corrected chi connectivity index (χ2v) is 7.83. The number of hydrogen-bond acceptors (Lipinski definition) is 4. The third-order valence-corrected chi connectivity index (χ3v) is 5.05. The van der Waals surface area contributed by atoms with Crippen molar-refractivity contribution in [1.29, 1.82) is 0 Å². The van der Waals surface area contributed by atoms with Crippen LogP contribution in [0.5, 0.6) is 0 Å². The van der Waals surface area contributed by atoms with E-state index < -0.39 is 10.0 Å². The van der Waals surface area contributed by atoms with Gasteiger partial charge in [-0.25, -0.2) is 13.6 Å².